The Labute approximate surface area is 262 Å². The number of carbonyl (C=O) groups is 1. The van der Waals surface area contributed by atoms with Gasteiger partial charge in [-0.15, -0.1) is 11.6 Å². The van der Waals surface area contributed by atoms with Gasteiger partial charge in [-0.1, -0.05) is 12.1 Å². The fourth-order valence-corrected chi connectivity index (χ4v) is 7.70. The van der Waals surface area contributed by atoms with E-state index in [4.69, 9.17) is 11.6 Å². The number of amides is 1. The first-order valence-electron chi connectivity index (χ1n) is 14.2. The van der Waals surface area contributed by atoms with Crippen molar-refractivity contribution in [1.29, 1.82) is 0 Å². The third kappa shape index (κ3) is 7.63. The Kier molecular flexibility index (Phi) is 10.1. The average molecular weight is 672 g/mol. The number of aromatic nitrogens is 1. The molecule has 1 aliphatic heterocycles. The molecule has 1 unspecified atom stereocenters. The number of nitrogens with zero attached hydrogens (tertiary/aromatic N) is 2. The molecular formula is C30H31ClF5N5O3S. The van der Waals surface area contributed by atoms with Crippen molar-refractivity contribution in [3.8, 4) is 0 Å². The Balaban J connectivity index is 1.35. The number of benzene rings is 2. The van der Waals surface area contributed by atoms with Crippen molar-refractivity contribution in [1.82, 2.24) is 19.3 Å². The summed E-state index contributed by atoms with van der Waals surface area (Å²) in [6, 6.07) is 8.03. The van der Waals surface area contributed by atoms with Gasteiger partial charge in [-0.3, -0.25) is 9.78 Å². The monoisotopic (exact) mass is 671 g/mol. The number of hydrogen-bond acceptors (Lipinski definition) is 5. The van der Waals surface area contributed by atoms with E-state index >= 15 is 4.39 Å². The molecule has 3 N–H and O–H groups in total. The van der Waals surface area contributed by atoms with E-state index in [2.05, 4.69) is 20.3 Å². The molecule has 2 aliphatic rings. The Morgan fingerprint density at radius 3 is 2.47 bits per heavy atom. The predicted molar refractivity (Wildman–Crippen MR) is 159 cm³/mol. The average Bonchev–Trinajstić information content (AvgIpc) is 3.67. The zero-order valence-corrected chi connectivity index (χ0v) is 25.5. The molecule has 5 rings (SSSR count). The van der Waals surface area contributed by atoms with Crippen molar-refractivity contribution < 1.29 is 35.2 Å². The second-order valence-corrected chi connectivity index (χ2v) is 13.3. The maximum atomic E-state index is 15.2. The van der Waals surface area contributed by atoms with Crippen LogP contribution in [0.3, 0.4) is 0 Å². The van der Waals surface area contributed by atoms with Gasteiger partial charge in [0, 0.05) is 50.1 Å². The second-order valence-electron chi connectivity index (χ2n) is 11.3. The highest BCUT2D eigenvalue weighted by molar-refractivity contribution is 7.87. The SMILES string of the molecule is O=C(C[C@@H](c1ccc(F)cc1)c1cc(F)cc(F)c1)Nc1cncc(F)c1C[C@@H]1C[C@]12CNCCN2S(=O)(=O)NCC(F)CCl. The van der Waals surface area contributed by atoms with Crippen LogP contribution in [0.5, 0.6) is 0 Å². The summed E-state index contributed by atoms with van der Waals surface area (Å²) in [6.07, 6.45) is 0.819. The van der Waals surface area contributed by atoms with Crippen LogP contribution in [0.2, 0.25) is 0 Å². The molecule has 2 heterocycles. The summed E-state index contributed by atoms with van der Waals surface area (Å²) >= 11 is 5.47. The minimum absolute atomic E-state index is 0.0571. The van der Waals surface area contributed by atoms with Gasteiger partial charge in [-0.2, -0.15) is 17.4 Å². The van der Waals surface area contributed by atoms with Gasteiger partial charge in [0.2, 0.25) is 5.91 Å². The number of anilines is 1. The zero-order chi connectivity index (χ0) is 32.4. The zero-order valence-electron chi connectivity index (χ0n) is 23.9. The quantitative estimate of drug-likeness (QED) is 0.196. The number of rotatable bonds is 12. The first-order valence-corrected chi connectivity index (χ1v) is 16.2. The van der Waals surface area contributed by atoms with E-state index in [1.54, 1.807) is 0 Å². The van der Waals surface area contributed by atoms with E-state index in [1.807, 2.05) is 0 Å². The summed E-state index contributed by atoms with van der Waals surface area (Å²) in [6.45, 7) is 0.314. The molecule has 1 saturated carbocycles. The van der Waals surface area contributed by atoms with Crippen LogP contribution in [0.15, 0.2) is 54.9 Å². The third-order valence-corrected chi connectivity index (χ3v) is 10.2. The van der Waals surface area contributed by atoms with Crippen LogP contribution < -0.4 is 15.4 Å². The van der Waals surface area contributed by atoms with E-state index in [-0.39, 0.29) is 48.0 Å². The Morgan fingerprint density at radius 1 is 1.07 bits per heavy atom. The van der Waals surface area contributed by atoms with Gasteiger partial charge >= 0.3 is 0 Å². The van der Waals surface area contributed by atoms with Gasteiger partial charge in [0.25, 0.3) is 10.2 Å². The highest BCUT2D eigenvalue weighted by Crippen LogP contribution is 2.52. The summed E-state index contributed by atoms with van der Waals surface area (Å²) in [4.78, 5) is 17.2. The van der Waals surface area contributed by atoms with Crippen LogP contribution in [0.1, 0.15) is 35.4 Å². The normalized spacial score (nSPS) is 21.4. The molecule has 8 nitrogen and oxygen atoms in total. The van der Waals surface area contributed by atoms with Crippen LogP contribution in [-0.4, -0.2) is 67.4 Å². The molecule has 2 aromatic carbocycles. The summed E-state index contributed by atoms with van der Waals surface area (Å²) in [5.74, 6) is -5.13. The van der Waals surface area contributed by atoms with Crippen LogP contribution in [0, 0.1) is 29.2 Å². The minimum Gasteiger partial charge on any atom is -0.324 e. The number of hydrogen-bond donors (Lipinski definition) is 3. The summed E-state index contributed by atoms with van der Waals surface area (Å²) in [5.41, 5.74) is -0.139. The van der Waals surface area contributed by atoms with Crippen molar-refractivity contribution >= 4 is 33.4 Å². The van der Waals surface area contributed by atoms with Gasteiger partial charge < -0.3 is 10.6 Å². The molecule has 1 saturated heterocycles. The third-order valence-electron chi connectivity index (χ3n) is 8.24. The Hall–Kier alpha value is -3.17. The van der Waals surface area contributed by atoms with Crippen LogP contribution >= 0.6 is 11.6 Å². The van der Waals surface area contributed by atoms with E-state index in [0.717, 1.165) is 18.3 Å². The van der Waals surface area contributed by atoms with Crippen molar-refractivity contribution in [3.05, 3.63) is 94.8 Å². The number of carbonyl (C=O) groups excluding carboxylic acids is 1. The van der Waals surface area contributed by atoms with E-state index in [0.29, 0.717) is 31.1 Å². The van der Waals surface area contributed by atoms with Crippen LogP contribution in [0.4, 0.5) is 27.6 Å². The number of nitrogens with one attached hydrogen (secondary N) is 3. The number of pyridine rings is 1. The number of piperazine rings is 1. The highest BCUT2D eigenvalue weighted by Gasteiger charge is 2.62. The van der Waals surface area contributed by atoms with Gasteiger partial charge in [-0.25, -0.2) is 22.0 Å². The van der Waals surface area contributed by atoms with Crippen molar-refractivity contribution in [2.45, 2.75) is 36.9 Å². The standard InChI is InChI=1S/C30H31ClF5N5O3S/c31-13-24(35)14-39-45(43,44)41-6-5-37-17-30(41)12-20(30)9-26-27(36)15-38-16-28(26)40-29(42)11-25(18-1-3-21(32)4-2-18)19-7-22(33)10-23(34)8-19/h1-4,7-8,10,15-16,20,24-25,37,39H,5-6,9,11-14,17H2,(H,40,42)/t20-,24?,25+,30+/m1/s1. The molecule has 0 radical (unpaired) electrons. The molecular weight excluding hydrogens is 641 g/mol. The molecule has 4 atom stereocenters. The minimum atomic E-state index is -4.08. The van der Waals surface area contributed by atoms with E-state index < -0.39 is 63.6 Å². The van der Waals surface area contributed by atoms with Gasteiger partial charge in [0.05, 0.1) is 29.5 Å². The van der Waals surface area contributed by atoms with Gasteiger partial charge in [0.1, 0.15) is 29.4 Å². The lowest BCUT2D eigenvalue weighted by molar-refractivity contribution is -0.116. The fraction of sp³-hybridized carbons (Fsp3) is 0.400. The lowest BCUT2D eigenvalue weighted by Gasteiger charge is -2.37. The predicted octanol–water partition coefficient (Wildman–Crippen LogP) is 4.42. The lowest BCUT2D eigenvalue weighted by atomic mass is 9.88. The molecule has 1 spiro atoms. The van der Waals surface area contributed by atoms with Gasteiger partial charge in [-0.05, 0) is 54.2 Å². The largest absolute Gasteiger partial charge is 0.324 e. The summed E-state index contributed by atoms with van der Waals surface area (Å²) < 4.78 is 100. The Morgan fingerprint density at radius 2 is 1.78 bits per heavy atom. The molecule has 0 bridgehead atoms. The van der Waals surface area contributed by atoms with Crippen molar-refractivity contribution in [2.75, 3.05) is 37.4 Å². The lowest BCUT2D eigenvalue weighted by Crippen LogP contribution is -2.59. The van der Waals surface area contributed by atoms with E-state index in [9.17, 15) is 30.8 Å². The molecule has 242 valence electrons. The van der Waals surface area contributed by atoms with Crippen LogP contribution in [-0.2, 0) is 21.4 Å². The van der Waals surface area contributed by atoms with E-state index in [1.165, 1.54) is 34.8 Å². The first-order chi connectivity index (χ1) is 21.4. The molecule has 15 heteroatoms. The van der Waals surface area contributed by atoms with Crippen LogP contribution in [0.25, 0.3) is 0 Å². The highest BCUT2D eigenvalue weighted by atomic mass is 35.5. The number of alkyl halides is 2. The van der Waals surface area contributed by atoms with Gasteiger partial charge in [0.15, 0.2) is 0 Å². The smallest absolute Gasteiger partial charge is 0.280 e. The second kappa shape index (κ2) is 13.7. The molecule has 2 fully saturated rings. The molecule has 1 aromatic heterocycles. The molecule has 3 aromatic rings. The first kappa shape index (κ1) is 33.2. The van der Waals surface area contributed by atoms with Crippen molar-refractivity contribution in [2.24, 2.45) is 5.92 Å². The molecule has 1 amide bonds. The maximum Gasteiger partial charge on any atom is 0.280 e. The number of halogens is 6. The topological polar surface area (TPSA) is 103 Å². The molecule has 45 heavy (non-hydrogen) atoms. The molecule has 1 aliphatic carbocycles. The fourth-order valence-electron chi connectivity index (χ4n) is 5.95. The maximum absolute atomic E-state index is 15.2. The Bertz CT molecular complexity index is 1630. The summed E-state index contributed by atoms with van der Waals surface area (Å²) in [7, 11) is -4.08. The summed E-state index contributed by atoms with van der Waals surface area (Å²) in [5, 5.41) is 5.83. The van der Waals surface area contributed by atoms with Crippen molar-refractivity contribution in [3.63, 3.8) is 0 Å².